The fourth-order valence-corrected chi connectivity index (χ4v) is 2.69. The molecule has 1 aromatic carbocycles. The van der Waals surface area contributed by atoms with E-state index in [-0.39, 0.29) is 0 Å². The van der Waals surface area contributed by atoms with Gasteiger partial charge in [-0.3, -0.25) is 0 Å². The van der Waals surface area contributed by atoms with Crippen molar-refractivity contribution in [3.63, 3.8) is 0 Å². The molecular weight excluding hydrogens is 220 g/mol. The molecule has 1 aromatic rings. The predicted molar refractivity (Wildman–Crippen MR) is 77.7 cm³/mol. The molecule has 0 amide bonds. The average molecular weight is 242 g/mol. The van der Waals surface area contributed by atoms with Gasteiger partial charge in [0.1, 0.15) is 0 Å². The van der Waals surface area contributed by atoms with Gasteiger partial charge in [0, 0.05) is 23.8 Å². The van der Waals surface area contributed by atoms with Crippen LogP contribution in [0.15, 0.2) is 24.3 Å². The maximum absolute atomic E-state index is 5.43. The lowest BCUT2D eigenvalue weighted by molar-refractivity contribution is 0.197. The Hall–Kier alpha value is -1.46. The third-order valence-electron chi connectivity index (χ3n) is 3.79. The number of hydrogen-bond donors (Lipinski definition) is 1. The Labute approximate surface area is 110 Å². The van der Waals surface area contributed by atoms with Gasteiger partial charge in [0.05, 0.1) is 0 Å². The fourth-order valence-electron chi connectivity index (χ4n) is 2.69. The number of anilines is 1. The standard InChI is InChI=1S/C16H22N2/c1-4-14-7-5-9-16(11-14)17-13(2)15-8-6-10-18(3)12-15/h1,5,7,9,11,13,15,17H,6,8,10,12H2,2-3H3. The lowest BCUT2D eigenvalue weighted by atomic mass is 9.91. The summed E-state index contributed by atoms with van der Waals surface area (Å²) in [6, 6.07) is 8.59. The summed E-state index contributed by atoms with van der Waals surface area (Å²) in [7, 11) is 2.21. The molecule has 1 aliphatic rings. The van der Waals surface area contributed by atoms with Gasteiger partial charge in [-0.2, -0.15) is 0 Å². The van der Waals surface area contributed by atoms with Gasteiger partial charge < -0.3 is 10.2 Å². The SMILES string of the molecule is C#Cc1cccc(NC(C)C2CCCN(C)C2)c1. The topological polar surface area (TPSA) is 15.3 Å². The molecule has 0 aromatic heterocycles. The summed E-state index contributed by atoms with van der Waals surface area (Å²) in [6.07, 6.45) is 8.04. The van der Waals surface area contributed by atoms with E-state index in [1.165, 1.54) is 25.9 Å². The van der Waals surface area contributed by atoms with Crippen molar-refractivity contribution in [3.05, 3.63) is 29.8 Å². The lowest BCUT2D eigenvalue weighted by Crippen LogP contribution is -2.39. The minimum Gasteiger partial charge on any atom is -0.382 e. The zero-order valence-electron chi connectivity index (χ0n) is 11.3. The second-order valence-electron chi connectivity index (χ2n) is 5.32. The molecule has 1 N–H and O–H groups in total. The Balaban J connectivity index is 1.97. The number of likely N-dealkylation sites (tertiary alicyclic amines) is 1. The molecule has 2 nitrogen and oxygen atoms in total. The molecule has 1 aliphatic heterocycles. The summed E-state index contributed by atoms with van der Waals surface area (Å²) >= 11 is 0. The van der Waals surface area contributed by atoms with Crippen molar-refractivity contribution in [2.75, 3.05) is 25.5 Å². The van der Waals surface area contributed by atoms with Crippen LogP contribution in [0.1, 0.15) is 25.3 Å². The second kappa shape index (κ2) is 5.93. The van der Waals surface area contributed by atoms with Crippen LogP contribution >= 0.6 is 0 Å². The normalized spacial score (nSPS) is 22.2. The van der Waals surface area contributed by atoms with Crippen molar-refractivity contribution in [2.45, 2.75) is 25.8 Å². The van der Waals surface area contributed by atoms with Crippen molar-refractivity contribution < 1.29 is 0 Å². The molecule has 1 heterocycles. The zero-order chi connectivity index (χ0) is 13.0. The Bertz CT molecular complexity index is 433. The van der Waals surface area contributed by atoms with Gasteiger partial charge in [0.15, 0.2) is 0 Å². The van der Waals surface area contributed by atoms with Crippen molar-refractivity contribution in [2.24, 2.45) is 5.92 Å². The van der Waals surface area contributed by atoms with E-state index in [1.807, 2.05) is 18.2 Å². The molecule has 2 atom stereocenters. The number of nitrogens with one attached hydrogen (secondary N) is 1. The first kappa shape index (κ1) is 13.0. The molecule has 0 bridgehead atoms. The van der Waals surface area contributed by atoms with Crippen molar-refractivity contribution in [3.8, 4) is 12.3 Å². The van der Waals surface area contributed by atoms with E-state index in [0.29, 0.717) is 6.04 Å². The summed E-state index contributed by atoms with van der Waals surface area (Å²) in [5.74, 6) is 3.40. The molecule has 2 rings (SSSR count). The average Bonchev–Trinajstić information content (AvgIpc) is 2.39. The van der Waals surface area contributed by atoms with Gasteiger partial charge in [-0.15, -0.1) is 6.42 Å². The van der Waals surface area contributed by atoms with E-state index in [9.17, 15) is 0 Å². The van der Waals surface area contributed by atoms with Gasteiger partial charge in [0.25, 0.3) is 0 Å². The van der Waals surface area contributed by atoms with Crippen LogP contribution < -0.4 is 5.32 Å². The third-order valence-corrected chi connectivity index (χ3v) is 3.79. The van der Waals surface area contributed by atoms with Gasteiger partial charge in [-0.25, -0.2) is 0 Å². The first-order chi connectivity index (χ1) is 8.69. The maximum atomic E-state index is 5.43. The highest BCUT2D eigenvalue weighted by Gasteiger charge is 2.22. The summed E-state index contributed by atoms with van der Waals surface area (Å²) in [6.45, 7) is 4.69. The minimum atomic E-state index is 0.487. The molecule has 0 radical (unpaired) electrons. The first-order valence-corrected chi connectivity index (χ1v) is 6.71. The van der Waals surface area contributed by atoms with Crippen LogP contribution in [0, 0.1) is 18.3 Å². The third kappa shape index (κ3) is 3.27. The number of benzene rings is 1. The van der Waals surface area contributed by atoms with Crippen molar-refractivity contribution in [1.29, 1.82) is 0 Å². The van der Waals surface area contributed by atoms with Gasteiger partial charge in [-0.05, 0) is 57.5 Å². The van der Waals surface area contributed by atoms with Crippen LogP contribution in [-0.4, -0.2) is 31.1 Å². The lowest BCUT2D eigenvalue weighted by Gasteiger charge is -2.34. The highest BCUT2D eigenvalue weighted by Crippen LogP contribution is 2.21. The van der Waals surface area contributed by atoms with E-state index in [2.05, 4.69) is 36.2 Å². The Morgan fingerprint density at radius 1 is 1.50 bits per heavy atom. The van der Waals surface area contributed by atoms with Crippen LogP contribution in [0.25, 0.3) is 0 Å². The highest BCUT2D eigenvalue weighted by atomic mass is 15.1. The summed E-state index contributed by atoms with van der Waals surface area (Å²) < 4.78 is 0. The van der Waals surface area contributed by atoms with Crippen LogP contribution in [0.4, 0.5) is 5.69 Å². The molecule has 0 aliphatic carbocycles. The monoisotopic (exact) mass is 242 g/mol. The molecule has 1 fully saturated rings. The molecule has 0 spiro atoms. The summed E-state index contributed by atoms with van der Waals surface area (Å²) in [5.41, 5.74) is 2.07. The van der Waals surface area contributed by atoms with Crippen molar-refractivity contribution >= 4 is 5.69 Å². The highest BCUT2D eigenvalue weighted by molar-refractivity contribution is 5.50. The number of rotatable bonds is 3. The summed E-state index contributed by atoms with van der Waals surface area (Å²) in [5, 5.41) is 3.58. The number of piperidine rings is 1. The van der Waals surface area contributed by atoms with Crippen LogP contribution in [-0.2, 0) is 0 Å². The number of terminal acetylenes is 1. The van der Waals surface area contributed by atoms with E-state index in [1.54, 1.807) is 0 Å². The predicted octanol–water partition coefficient (Wildman–Crippen LogP) is 2.81. The molecule has 2 unspecified atom stereocenters. The largest absolute Gasteiger partial charge is 0.382 e. The van der Waals surface area contributed by atoms with E-state index in [4.69, 9.17) is 6.42 Å². The number of hydrogen-bond acceptors (Lipinski definition) is 2. The van der Waals surface area contributed by atoms with Crippen LogP contribution in [0.2, 0.25) is 0 Å². The van der Waals surface area contributed by atoms with Crippen molar-refractivity contribution in [1.82, 2.24) is 4.90 Å². The Morgan fingerprint density at radius 2 is 2.33 bits per heavy atom. The Kier molecular flexibility index (Phi) is 4.28. The Morgan fingerprint density at radius 3 is 3.06 bits per heavy atom. The summed E-state index contributed by atoms with van der Waals surface area (Å²) in [4.78, 5) is 2.42. The maximum Gasteiger partial charge on any atom is 0.0354 e. The van der Waals surface area contributed by atoms with Crippen LogP contribution in [0.3, 0.4) is 0 Å². The van der Waals surface area contributed by atoms with E-state index >= 15 is 0 Å². The molecular formula is C16H22N2. The minimum absolute atomic E-state index is 0.487. The number of nitrogens with zero attached hydrogens (tertiary/aromatic N) is 1. The van der Waals surface area contributed by atoms with E-state index in [0.717, 1.165) is 17.2 Å². The van der Waals surface area contributed by atoms with E-state index < -0.39 is 0 Å². The van der Waals surface area contributed by atoms with Gasteiger partial charge in [-0.1, -0.05) is 12.0 Å². The smallest absolute Gasteiger partial charge is 0.0354 e. The molecule has 2 heteroatoms. The van der Waals surface area contributed by atoms with Gasteiger partial charge >= 0.3 is 0 Å². The molecule has 0 saturated carbocycles. The second-order valence-corrected chi connectivity index (χ2v) is 5.32. The molecule has 18 heavy (non-hydrogen) atoms. The van der Waals surface area contributed by atoms with Crippen LogP contribution in [0.5, 0.6) is 0 Å². The van der Waals surface area contributed by atoms with Gasteiger partial charge in [0.2, 0.25) is 0 Å². The molecule has 96 valence electrons. The fraction of sp³-hybridized carbons (Fsp3) is 0.500. The quantitative estimate of drug-likeness (QED) is 0.820. The first-order valence-electron chi connectivity index (χ1n) is 6.71. The zero-order valence-corrected chi connectivity index (χ0v) is 11.3. The molecule has 1 saturated heterocycles.